The van der Waals surface area contributed by atoms with Gasteiger partial charge in [-0.2, -0.15) is 0 Å². The van der Waals surface area contributed by atoms with Crippen LogP contribution in [0.5, 0.6) is 0 Å². The van der Waals surface area contributed by atoms with E-state index >= 15 is 0 Å². The number of imidazole rings is 1. The van der Waals surface area contributed by atoms with E-state index in [2.05, 4.69) is 20.2 Å². The zero-order valence-electron chi connectivity index (χ0n) is 17.1. The third-order valence-corrected chi connectivity index (χ3v) is 6.49. The number of thiophene rings is 1. The summed E-state index contributed by atoms with van der Waals surface area (Å²) in [6.45, 7) is 6.11. The van der Waals surface area contributed by atoms with Gasteiger partial charge in [0.2, 0.25) is 0 Å². The Hall–Kier alpha value is -2.19. The number of aliphatic hydroxyl groups is 1. The Kier molecular flexibility index (Phi) is 5.74. The number of fused-ring (bicyclic) bond motifs is 3. The van der Waals surface area contributed by atoms with E-state index < -0.39 is 6.10 Å². The summed E-state index contributed by atoms with van der Waals surface area (Å²) < 4.78 is 8.52. The molecular formula is C21H28N4O3S. The minimum Gasteiger partial charge on any atom is -0.447 e. The maximum atomic E-state index is 11.7. The number of carbonyl (C=O) groups excluding carboxylic acids is 1. The van der Waals surface area contributed by atoms with Crippen LogP contribution in [-0.2, 0) is 4.74 Å². The molecule has 0 radical (unpaired) electrons. The lowest BCUT2D eigenvalue weighted by atomic mass is 9.85. The SMILES string of the molecule is CC(C)OC(=O)NCC1CCC(n2c([C@@H](C)O)nc3cnc4ccsc4c32)CC1. The monoisotopic (exact) mass is 416 g/mol. The van der Waals surface area contributed by atoms with Gasteiger partial charge in [-0.1, -0.05) is 0 Å². The first kappa shape index (κ1) is 20.1. The van der Waals surface area contributed by atoms with E-state index in [1.165, 1.54) is 0 Å². The molecule has 1 aliphatic carbocycles. The van der Waals surface area contributed by atoms with Crippen molar-refractivity contribution in [2.45, 2.75) is 64.7 Å². The Morgan fingerprint density at radius 2 is 2.07 bits per heavy atom. The Morgan fingerprint density at radius 1 is 1.31 bits per heavy atom. The van der Waals surface area contributed by atoms with Gasteiger partial charge in [0.15, 0.2) is 0 Å². The number of nitrogens with zero attached hydrogens (tertiary/aromatic N) is 3. The standard InChI is InChI=1S/C21H28N4O3S/c1-12(2)28-21(27)23-10-14-4-6-15(7-5-14)25-18-17(24-20(25)13(3)26)11-22-16-8-9-29-19(16)18/h8-9,11-15,26H,4-7,10H2,1-3H3,(H,23,27)/t13-,14?,15?/m1/s1. The van der Waals surface area contributed by atoms with Crippen LogP contribution in [-0.4, -0.2) is 38.4 Å². The summed E-state index contributed by atoms with van der Waals surface area (Å²) in [6.07, 6.45) is 4.74. The summed E-state index contributed by atoms with van der Waals surface area (Å²) in [5.41, 5.74) is 2.90. The molecule has 29 heavy (non-hydrogen) atoms. The molecule has 0 aliphatic heterocycles. The highest BCUT2D eigenvalue weighted by Gasteiger charge is 2.28. The number of ether oxygens (including phenoxy) is 1. The molecule has 1 atom stereocenters. The van der Waals surface area contributed by atoms with Crippen molar-refractivity contribution in [1.29, 1.82) is 0 Å². The highest BCUT2D eigenvalue weighted by Crippen LogP contribution is 2.39. The fourth-order valence-corrected chi connectivity index (χ4v) is 5.14. The first-order chi connectivity index (χ1) is 13.9. The van der Waals surface area contributed by atoms with E-state index in [9.17, 15) is 9.90 Å². The fourth-order valence-electron chi connectivity index (χ4n) is 4.25. The van der Waals surface area contributed by atoms with Crippen molar-refractivity contribution in [3.63, 3.8) is 0 Å². The van der Waals surface area contributed by atoms with Crippen LogP contribution in [0.3, 0.4) is 0 Å². The van der Waals surface area contributed by atoms with Crippen LogP contribution >= 0.6 is 11.3 Å². The van der Waals surface area contributed by atoms with Crippen molar-refractivity contribution in [2.24, 2.45) is 5.92 Å². The van der Waals surface area contributed by atoms with Crippen LogP contribution in [0.15, 0.2) is 17.6 Å². The highest BCUT2D eigenvalue weighted by atomic mass is 32.1. The topological polar surface area (TPSA) is 89.3 Å². The molecule has 4 rings (SSSR count). The summed E-state index contributed by atoms with van der Waals surface area (Å²) >= 11 is 1.67. The van der Waals surface area contributed by atoms with Gasteiger partial charge in [0, 0.05) is 12.6 Å². The van der Waals surface area contributed by atoms with E-state index in [1.54, 1.807) is 18.3 Å². The van der Waals surface area contributed by atoms with Crippen LogP contribution < -0.4 is 5.32 Å². The Bertz CT molecular complexity index is 1000. The van der Waals surface area contributed by atoms with Crippen LogP contribution in [0.1, 0.15) is 64.4 Å². The first-order valence-corrected chi connectivity index (χ1v) is 11.2. The highest BCUT2D eigenvalue weighted by molar-refractivity contribution is 7.18. The number of aromatic nitrogens is 3. The fraction of sp³-hybridized carbons (Fsp3) is 0.571. The third-order valence-electron chi connectivity index (χ3n) is 5.58. The largest absolute Gasteiger partial charge is 0.447 e. The van der Waals surface area contributed by atoms with Crippen molar-refractivity contribution in [2.75, 3.05) is 6.54 Å². The van der Waals surface area contributed by atoms with Crippen molar-refractivity contribution < 1.29 is 14.6 Å². The van der Waals surface area contributed by atoms with E-state index in [1.807, 2.05) is 26.1 Å². The molecular weight excluding hydrogens is 388 g/mol. The molecule has 1 aliphatic rings. The molecule has 0 spiro atoms. The molecule has 3 aromatic heterocycles. The van der Waals surface area contributed by atoms with Gasteiger partial charge in [0.1, 0.15) is 17.4 Å². The molecule has 1 fully saturated rings. The first-order valence-electron chi connectivity index (χ1n) is 10.3. The zero-order chi connectivity index (χ0) is 20.5. The lowest BCUT2D eigenvalue weighted by Gasteiger charge is -2.31. The van der Waals surface area contributed by atoms with Gasteiger partial charge in [-0.25, -0.2) is 9.78 Å². The molecule has 1 saturated carbocycles. The number of carbonyl (C=O) groups is 1. The second-order valence-corrected chi connectivity index (χ2v) is 9.07. The summed E-state index contributed by atoms with van der Waals surface area (Å²) in [6, 6.07) is 2.31. The minimum absolute atomic E-state index is 0.109. The number of hydrogen-bond donors (Lipinski definition) is 2. The smallest absolute Gasteiger partial charge is 0.407 e. The van der Waals surface area contributed by atoms with Crippen LogP contribution in [0, 0.1) is 5.92 Å². The quantitative estimate of drug-likeness (QED) is 0.636. The lowest BCUT2D eigenvalue weighted by molar-refractivity contribution is 0.112. The molecule has 0 aromatic carbocycles. The summed E-state index contributed by atoms with van der Waals surface area (Å²) in [7, 11) is 0. The maximum absolute atomic E-state index is 11.7. The second-order valence-electron chi connectivity index (χ2n) is 8.15. The van der Waals surface area contributed by atoms with E-state index in [4.69, 9.17) is 9.72 Å². The average Bonchev–Trinajstić information content (AvgIpc) is 3.30. The number of pyridine rings is 1. The maximum Gasteiger partial charge on any atom is 0.407 e. The lowest BCUT2D eigenvalue weighted by Crippen LogP contribution is -2.33. The van der Waals surface area contributed by atoms with Gasteiger partial charge in [0.05, 0.1) is 28.0 Å². The zero-order valence-corrected chi connectivity index (χ0v) is 17.9. The summed E-state index contributed by atoms with van der Waals surface area (Å²) in [5, 5.41) is 15.3. The van der Waals surface area contributed by atoms with Crippen molar-refractivity contribution >= 4 is 38.7 Å². The third kappa shape index (κ3) is 4.09. The molecule has 3 heterocycles. The number of alkyl carbamates (subject to hydrolysis) is 1. The average molecular weight is 417 g/mol. The van der Waals surface area contributed by atoms with Crippen LogP contribution in [0.2, 0.25) is 0 Å². The predicted octanol–water partition coefficient (Wildman–Crippen LogP) is 4.57. The van der Waals surface area contributed by atoms with Gasteiger partial charge in [0.25, 0.3) is 0 Å². The number of aliphatic hydroxyl groups excluding tert-OH is 1. The molecule has 0 bridgehead atoms. The Morgan fingerprint density at radius 3 is 2.76 bits per heavy atom. The van der Waals surface area contributed by atoms with Crippen molar-refractivity contribution in [3.05, 3.63) is 23.5 Å². The molecule has 8 heteroatoms. The molecule has 1 amide bonds. The van der Waals surface area contributed by atoms with Gasteiger partial charge >= 0.3 is 6.09 Å². The second kappa shape index (κ2) is 8.28. The van der Waals surface area contributed by atoms with Crippen LogP contribution in [0.25, 0.3) is 21.3 Å². The molecule has 2 N–H and O–H groups in total. The van der Waals surface area contributed by atoms with Crippen LogP contribution in [0.4, 0.5) is 4.79 Å². The normalized spacial score (nSPS) is 21.0. The number of rotatable bonds is 5. The van der Waals surface area contributed by atoms with Gasteiger partial charge in [-0.3, -0.25) is 4.98 Å². The van der Waals surface area contributed by atoms with Crippen molar-refractivity contribution in [3.8, 4) is 0 Å². The molecule has 0 saturated heterocycles. The summed E-state index contributed by atoms with van der Waals surface area (Å²) in [4.78, 5) is 20.9. The Balaban J connectivity index is 1.53. The summed E-state index contributed by atoms with van der Waals surface area (Å²) in [5.74, 6) is 1.16. The molecule has 3 aromatic rings. The number of nitrogens with one attached hydrogen (secondary N) is 1. The number of amides is 1. The minimum atomic E-state index is -0.636. The predicted molar refractivity (Wildman–Crippen MR) is 114 cm³/mol. The molecule has 0 unspecified atom stereocenters. The van der Waals surface area contributed by atoms with E-state index in [0.29, 0.717) is 18.3 Å². The molecule has 156 valence electrons. The van der Waals surface area contributed by atoms with E-state index in [0.717, 1.165) is 46.9 Å². The van der Waals surface area contributed by atoms with E-state index in [-0.39, 0.29) is 18.2 Å². The van der Waals surface area contributed by atoms with Crippen molar-refractivity contribution in [1.82, 2.24) is 19.9 Å². The Labute approximate surface area is 174 Å². The number of hydrogen-bond acceptors (Lipinski definition) is 6. The molecule has 7 nitrogen and oxygen atoms in total. The van der Waals surface area contributed by atoms with Gasteiger partial charge < -0.3 is 19.7 Å². The van der Waals surface area contributed by atoms with Gasteiger partial charge in [-0.15, -0.1) is 11.3 Å². The van der Waals surface area contributed by atoms with Gasteiger partial charge in [-0.05, 0) is 63.8 Å².